The van der Waals surface area contributed by atoms with Crippen LogP contribution in [0.25, 0.3) is 0 Å². The highest BCUT2D eigenvalue weighted by Gasteiger charge is 2.22. The lowest BCUT2D eigenvalue weighted by Crippen LogP contribution is -2.51. The first kappa shape index (κ1) is 25.7. The molecule has 2 heterocycles. The van der Waals surface area contributed by atoms with Crippen molar-refractivity contribution in [1.82, 2.24) is 10.6 Å². The van der Waals surface area contributed by atoms with E-state index in [-0.39, 0.29) is 24.0 Å². The number of hydrogen-bond acceptors (Lipinski definition) is 5. The molecule has 172 valence electrons. The summed E-state index contributed by atoms with van der Waals surface area (Å²) in [6, 6.07) is 10.5. The van der Waals surface area contributed by atoms with Gasteiger partial charge in [0.05, 0.1) is 24.5 Å². The van der Waals surface area contributed by atoms with Crippen LogP contribution < -0.4 is 15.5 Å². The maximum absolute atomic E-state index is 9.41. The molecule has 0 aromatic heterocycles. The predicted octanol–water partition coefficient (Wildman–Crippen LogP) is 3.14. The summed E-state index contributed by atoms with van der Waals surface area (Å²) in [6.45, 7) is 8.75. The number of nitrogens with zero attached hydrogens (tertiary/aromatic N) is 3. The Balaban J connectivity index is 0.00000341. The Kier molecular flexibility index (Phi) is 12.0. The minimum Gasteiger partial charge on any atom is -0.381 e. The summed E-state index contributed by atoms with van der Waals surface area (Å²) in [6.07, 6.45) is 4.22. The number of aliphatic imine (C=N–C) groups is 1. The predicted molar refractivity (Wildman–Crippen MR) is 135 cm³/mol. The van der Waals surface area contributed by atoms with Crippen LogP contribution in [0, 0.1) is 17.2 Å². The molecule has 7 nitrogen and oxygen atoms in total. The van der Waals surface area contributed by atoms with Crippen LogP contribution >= 0.6 is 24.0 Å². The fourth-order valence-corrected chi connectivity index (χ4v) is 3.99. The van der Waals surface area contributed by atoms with Gasteiger partial charge < -0.3 is 25.0 Å². The summed E-state index contributed by atoms with van der Waals surface area (Å²) < 4.78 is 11.1. The van der Waals surface area contributed by atoms with Crippen molar-refractivity contribution in [3.63, 3.8) is 0 Å². The molecule has 0 amide bonds. The van der Waals surface area contributed by atoms with E-state index >= 15 is 0 Å². The number of anilines is 1. The minimum atomic E-state index is 0. The largest absolute Gasteiger partial charge is 0.381 e. The van der Waals surface area contributed by atoms with E-state index in [1.807, 2.05) is 24.3 Å². The Morgan fingerprint density at radius 2 is 2.23 bits per heavy atom. The number of para-hydroxylation sites is 1. The zero-order valence-corrected chi connectivity index (χ0v) is 20.8. The van der Waals surface area contributed by atoms with Gasteiger partial charge in [-0.1, -0.05) is 12.1 Å². The van der Waals surface area contributed by atoms with Crippen LogP contribution in [0.15, 0.2) is 29.3 Å². The zero-order chi connectivity index (χ0) is 21.0. The Morgan fingerprint density at radius 1 is 1.35 bits per heavy atom. The van der Waals surface area contributed by atoms with Gasteiger partial charge in [0.25, 0.3) is 0 Å². The van der Waals surface area contributed by atoms with E-state index in [0.29, 0.717) is 12.0 Å². The van der Waals surface area contributed by atoms with Crippen molar-refractivity contribution in [1.29, 1.82) is 5.26 Å². The van der Waals surface area contributed by atoms with Crippen LogP contribution in [0.5, 0.6) is 0 Å². The highest BCUT2D eigenvalue weighted by atomic mass is 127. The molecule has 1 aromatic rings. The normalized spacial score (nSPS) is 21.3. The third kappa shape index (κ3) is 8.47. The molecule has 0 aliphatic carbocycles. The van der Waals surface area contributed by atoms with Gasteiger partial charge in [0.1, 0.15) is 6.07 Å². The van der Waals surface area contributed by atoms with Gasteiger partial charge in [-0.15, -0.1) is 24.0 Å². The number of nitrogens with one attached hydrogen (secondary N) is 2. The molecule has 2 saturated heterocycles. The van der Waals surface area contributed by atoms with Gasteiger partial charge in [-0.05, 0) is 44.7 Å². The molecule has 1 aromatic carbocycles. The van der Waals surface area contributed by atoms with Crippen LogP contribution in [0.3, 0.4) is 0 Å². The molecule has 0 radical (unpaired) electrons. The molecule has 8 heteroatoms. The monoisotopic (exact) mass is 541 g/mol. The average molecular weight is 541 g/mol. The standard InChI is InChI=1S/C23H35N5O2.HI/c1-2-25-23(26-11-6-13-29-17-19-10-14-30-18-19)27-21-8-5-12-28(16-21)22-9-4-3-7-20(22)15-24;/h3-4,7,9,19,21H,2,5-6,8,10-14,16-18H2,1H3,(H2,25,26,27);1H. The molecule has 2 unspecified atom stereocenters. The number of halogens is 1. The molecule has 2 fully saturated rings. The fraction of sp³-hybridized carbons (Fsp3) is 0.652. The van der Waals surface area contributed by atoms with Crippen LogP contribution in [0.1, 0.15) is 38.2 Å². The van der Waals surface area contributed by atoms with Gasteiger partial charge in [0.2, 0.25) is 0 Å². The van der Waals surface area contributed by atoms with E-state index in [0.717, 1.165) is 95.5 Å². The van der Waals surface area contributed by atoms with Crippen LogP contribution in [-0.4, -0.2) is 64.6 Å². The van der Waals surface area contributed by atoms with Gasteiger partial charge in [-0.25, -0.2) is 0 Å². The average Bonchev–Trinajstić information content (AvgIpc) is 3.30. The van der Waals surface area contributed by atoms with Crippen molar-refractivity contribution >= 4 is 35.6 Å². The quantitative estimate of drug-likeness (QED) is 0.217. The van der Waals surface area contributed by atoms with Gasteiger partial charge in [-0.3, -0.25) is 4.99 Å². The third-order valence-electron chi connectivity index (χ3n) is 5.57. The maximum atomic E-state index is 9.41. The highest BCUT2D eigenvalue weighted by Crippen LogP contribution is 2.23. The highest BCUT2D eigenvalue weighted by molar-refractivity contribution is 14.0. The SMILES string of the molecule is CCNC(=NCCCOCC1CCOC1)NC1CCCN(c2ccccc2C#N)C1.I. The van der Waals surface area contributed by atoms with E-state index in [2.05, 4.69) is 28.5 Å². The molecule has 2 aliphatic rings. The summed E-state index contributed by atoms with van der Waals surface area (Å²) >= 11 is 0. The van der Waals surface area contributed by atoms with Crippen molar-refractivity contribution in [2.75, 3.05) is 57.5 Å². The molecular weight excluding hydrogens is 505 g/mol. The lowest BCUT2D eigenvalue weighted by Gasteiger charge is -2.35. The van der Waals surface area contributed by atoms with E-state index in [9.17, 15) is 5.26 Å². The summed E-state index contributed by atoms with van der Waals surface area (Å²) in [5.41, 5.74) is 1.76. The van der Waals surface area contributed by atoms with Gasteiger partial charge >= 0.3 is 0 Å². The second-order valence-corrected chi connectivity index (χ2v) is 7.98. The van der Waals surface area contributed by atoms with Crippen molar-refractivity contribution in [3.8, 4) is 6.07 Å². The number of ether oxygens (including phenoxy) is 2. The molecule has 0 spiro atoms. The molecule has 2 N–H and O–H groups in total. The van der Waals surface area contributed by atoms with Crippen LogP contribution in [0.2, 0.25) is 0 Å². The third-order valence-corrected chi connectivity index (χ3v) is 5.57. The van der Waals surface area contributed by atoms with Gasteiger partial charge in [0, 0.05) is 51.4 Å². The number of piperidine rings is 1. The van der Waals surface area contributed by atoms with Crippen molar-refractivity contribution in [3.05, 3.63) is 29.8 Å². The second kappa shape index (κ2) is 14.5. The van der Waals surface area contributed by atoms with E-state index in [4.69, 9.17) is 14.5 Å². The molecule has 2 atom stereocenters. The Labute approximate surface area is 203 Å². The summed E-state index contributed by atoms with van der Waals surface area (Å²) in [5.74, 6) is 1.43. The number of nitriles is 1. The first-order valence-corrected chi connectivity index (χ1v) is 11.2. The maximum Gasteiger partial charge on any atom is 0.191 e. The van der Waals surface area contributed by atoms with Crippen molar-refractivity contribution < 1.29 is 9.47 Å². The minimum absolute atomic E-state index is 0. The first-order chi connectivity index (χ1) is 14.8. The molecular formula is C23H36IN5O2. The Morgan fingerprint density at radius 3 is 3.00 bits per heavy atom. The Bertz CT molecular complexity index is 718. The summed E-state index contributed by atoms with van der Waals surface area (Å²) in [7, 11) is 0. The molecule has 3 rings (SSSR count). The molecule has 0 bridgehead atoms. The molecule has 31 heavy (non-hydrogen) atoms. The van der Waals surface area contributed by atoms with E-state index in [1.165, 1.54) is 0 Å². The zero-order valence-electron chi connectivity index (χ0n) is 18.5. The summed E-state index contributed by atoms with van der Waals surface area (Å²) in [5, 5.41) is 16.4. The number of benzene rings is 1. The van der Waals surface area contributed by atoms with E-state index in [1.54, 1.807) is 0 Å². The topological polar surface area (TPSA) is 81.9 Å². The fourth-order valence-electron chi connectivity index (χ4n) is 3.99. The van der Waals surface area contributed by atoms with Crippen LogP contribution in [0.4, 0.5) is 5.69 Å². The second-order valence-electron chi connectivity index (χ2n) is 7.98. The summed E-state index contributed by atoms with van der Waals surface area (Å²) in [4.78, 5) is 7.04. The van der Waals surface area contributed by atoms with Gasteiger partial charge in [0.15, 0.2) is 5.96 Å². The molecule has 0 saturated carbocycles. The Hall–Kier alpha value is -1.57. The smallest absolute Gasteiger partial charge is 0.191 e. The lowest BCUT2D eigenvalue weighted by atomic mass is 10.0. The number of rotatable bonds is 9. The van der Waals surface area contributed by atoms with Gasteiger partial charge in [-0.2, -0.15) is 5.26 Å². The lowest BCUT2D eigenvalue weighted by molar-refractivity contribution is 0.0893. The first-order valence-electron chi connectivity index (χ1n) is 11.2. The van der Waals surface area contributed by atoms with E-state index < -0.39 is 0 Å². The number of guanidine groups is 1. The van der Waals surface area contributed by atoms with Crippen molar-refractivity contribution in [2.45, 2.75) is 38.6 Å². The van der Waals surface area contributed by atoms with Crippen molar-refractivity contribution in [2.24, 2.45) is 10.9 Å². The molecule has 2 aliphatic heterocycles. The van der Waals surface area contributed by atoms with Crippen LogP contribution in [-0.2, 0) is 9.47 Å². The number of hydrogen-bond donors (Lipinski definition) is 2.